The Balaban J connectivity index is 2.03. The molecule has 1 atom stereocenters. The molecule has 0 spiro atoms. The van der Waals surface area contributed by atoms with Crippen molar-refractivity contribution in [3.63, 3.8) is 0 Å². The van der Waals surface area contributed by atoms with Gasteiger partial charge in [-0.3, -0.25) is 13.9 Å². The molecule has 11 heteroatoms. The zero-order valence-electron chi connectivity index (χ0n) is 22.1. The van der Waals surface area contributed by atoms with Crippen LogP contribution in [-0.2, 0) is 26.2 Å². The Kier molecular flexibility index (Phi) is 9.93. The Morgan fingerprint density at radius 3 is 2.21 bits per heavy atom. The first-order chi connectivity index (χ1) is 18.4. The van der Waals surface area contributed by atoms with Crippen LogP contribution in [0.2, 0.25) is 5.02 Å². The minimum atomic E-state index is -4.27. The standard InChI is InChI=1S/C28H31ClFN3O5S/c1-19(2)31-28(35)20(3)32(17-21-10-13-23(38-4)14-11-21)27(34)18-33(22-12-15-26(30)25(29)16-22)39(36,37)24-8-6-5-7-9-24/h5-16,19-20H,17-18H2,1-4H3,(H,31,35)/t20-/m0/s1. The number of nitrogens with zero attached hydrogens (tertiary/aromatic N) is 2. The first kappa shape index (κ1) is 29.9. The molecule has 0 aliphatic rings. The summed E-state index contributed by atoms with van der Waals surface area (Å²) in [6, 6.07) is 16.8. The van der Waals surface area contributed by atoms with Gasteiger partial charge in [0.15, 0.2) is 0 Å². The molecule has 0 heterocycles. The van der Waals surface area contributed by atoms with Gasteiger partial charge < -0.3 is 15.0 Å². The molecule has 0 saturated heterocycles. The van der Waals surface area contributed by atoms with Crippen molar-refractivity contribution in [1.29, 1.82) is 0 Å². The second-order valence-electron chi connectivity index (χ2n) is 9.13. The van der Waals surface area contributed by atoms with Gasteiger partial charge in [-0.25, -0.2) is 12.8 Å². The number of methoxy groups -OCH3 is 1. The maximum atomic E-state index is 13.9. The Labute approximate surface area is 233 Å². The molecule has 3 aromatic carbocycles. The number of carbonyl (C=O) groups excluding carboxylic acids is 2. The van der Waals surface area contributed by atoms with E-state index in [1.807, 2.05) is 0 Å². The summed E-state index contributed by atoms with van der Waals surface area (Å²) in [5, 5.41) is 2.49. The summed E-state index contributed by atoms with van der Waals surface area (Å²) in [5.41, 5.74) is 0.706. The normalized spacial score (nSPS) is 12.1. The molecule has 0 fully saturated rings. The molecule has 3 rings (SSSR count). The van der Waals surface area contributed by atoms with Gasteiger partial charge in [0, 0.05) is 12.6 Å². The van der Waals surface area contributed by atoms with Crippen molar-refractivity contribution in [3.05, 3.63) is 89.2 Å². The van der Waals surface area contributed by atoms with Gasteiger partial charge in [0.2, 0.25) is 11.8 Å². The number of hydrogen-bond acceptors (Lipinski definition) is 5. The largest absolute Gasteiger partial charge is 0.497 e. The number of ether oxygens (including phenoxy) is 1. The molecule has 0 aromatic heterocycles. The smallest absolute Gasteiger partial charge is 0.264 e. The number of carbonyl (C=O) groups is 2. The van der Waals surface area contributed by atoms with Gasteiger partial charge in [-0.2, -0.15) is 0 Å². The van der Waals surface area contributed by atoms with E-state index in [1.54, 1.807) is 63.2 Å². The average Bonchev–Trinajstić information content (AvgIpc) is 2.91. The minimum Gasteiger partial charge on any atom is -0.497 e. The van der Waals surface area contributed by atoms with Crippen LogP contribution in [0, 0.1) is 5.82 Å². The number of sulfonamides is 1. The highest BCUT2D eigenvalue weighted by Gasteiger charge is 2.33. The molecule has 0 bridgehead atoms. The van der Waals surface area contributed by atoms with Crippen LogP contribution in [0.4, 0.5) is 10.1 Å². The van der Waals surface area contributed by atoms with Crippen molar-refractivity contribution >= 4 is 39.1 Å². The molecule has 0 aliphatic heterocycles. The number of hydrogen-bond donors (Lipinski definition) is 1. The highest BCUT2D eigenvalue weighted by Crippen LogP contribution is 2.28. The van der Waals surface area contributed by atoms with Crippen molar-refractivity contribution in [2.24, 2.45) is 0 Å². The maximum absolute atomic E-state index is 13.9. The van der Waals surface area contributed by atoms with Crippen LogP contribution >= 0.6 is 11.6 Å². The lowest BCUT2D eigenvalue weighted by molar-refractivity contribution is -0.139. The SMILES string of the molecule is COc1ccc(CN(C(=O)CN(c2ccc(F)c(Cl)c2)S(=O)(=O)c2ccccc2)[C@@H](C)C(=O)NC(C)C)cc1. The quantitative estimate of drug-likeness (QED) is 0.360. The van der Waals surface area contributed by atoms with Gasteiger partial charge in [0.25, 0.3) is 10.0 Å². The second-order valence-corrected chi connectivity index (χ2v) is 11.4. The van der Waals surface area contributed by atoms with E-state index in [9.17, 15) is 22.4 Å². The molecule has 8 nitrogen and oxygen atoms in total. The summed E-state index contributed by atoms with van der Waals surface area (Å²) >= 11 is 5.97. The van der Waals surface area contributed by atoms with Crippen molar-refractivity contribution in [2.75, 3.05) is 18.0 Å². The van der Waals surface area contributed by atoms with Gasteiger partial charge in [0.1, 0.15) is 24.2 Å². The molecular weight excluding hydrogens is 545 g/mol. The first-order valence-corrected chi connectivity index (χ1v) is 14.0. The topological polar surface area (TPSA) is 96.0 Å². The lowest BCUT2D eigenvalue weighted by Crippen LogP contribution is -2.52. The molecule has 39 heavy (non-hydrogen) atoms. The summed E-state index contributed by atoms with van der Waals surface area (Å²) in [4.78, 5) is 28.0. The van der Waals surface area contributed by atoms with E-state index in [-0.39, 0.29) is 28.2 Å². The van der Waals surface area contributed by atoms with E-state index in [1.165, 1.54) is 30.2 Å². The van der Waals surface area contributed by atoms with Gasteiger partial charge in [-0.05, 0) is 68.8 Å². The fraction of sp³-hybridized carbons (Fsp3) is 0.286. The lowest BCUT2D eigenvalue weighted by Gasteiger charge is -2.32. The molecule has 208 valence electrons. The molecule has 0 unspecified atom stereocenters. The third-order valence-electron chi connectivity index (χ3n) is 5.91. The number of benzene rings is 3. The van der Waals surface area contributed by atoms with Crippen molar-refractivity contribution in [3.8, 4) is 5.75 Å². The Morgan fingerprint density at radius 2 is 1.64 bits per heavy atom. The zero-order chi connectivity index (χ0) is 28.7. The number of rotatable bonds is 11. The Morgan fingerprint density at radius 1 is 1.00 bits per heavy atom. The van der Waals surface area contributed by atoms with Gasteiger partial charge >= 0.3 is 0 Å². The van der Waals surface area contributed by atoms with Crippen LogP contribution < -0.4 is 14.4 Å². The highest BCUT2D eigenvalue weighted by molar-refractivity contribution is 7.92. The summed E-state index contributed by atoms with van der Waals surface area (Å²) in [5.74, 6) is -1.15. The highest BCUT2D eigenvalue weighted by atomic mass is 35.5. The summed E-state index contributed by atoms with van der Waals surface area (Å²) in [7, 11) is -2.74. The van der Waals surface area contributed by atoms with E-state index in [4.69, 9.17) is 16.3 Å². The van der Waals surface area contributed by atoms with E-state index in [2.05, 4.69) is 5.32 Å². The van der Waals surface area contributed by atoms with E-state index < -0.39 is 40.2 Å². The third-order valence-corrected chi connectivity index (χ3v) is 7.99. The number of amides is 2. The monoisotopic (exact) mass is 575 g/mol. The van der Waals surface area contributed by atoms with Crippen molar-refractivity contribution < 1.29 is 27.1 Å². The fourth-order valence-corrected chi connectivity index (χ4v) is 5.41. The zero-order valence-corrected chi connectivity index (χ0v) is 23.7. The average molecular weight is 576 g/mol. The van der Waals surface area contributed by atoms with Crippen molar-refractivity contribution in [1.82, 2.24) is 10.2 Å². The van der Waals surface area contributed by atoms with Crippen LogP contribution in [0.25, 0.3) is 0 Å². The van der Waals surface area contributed by atoms with Crippen molar-refractivity contribution in [2.45, 2.75) is 44.3 Å². The van der Waals surface area contributed by atoms with E-state index >= 15 is 0 Å². The third kappa shape index (κ3) is 7.48. The summed E-state index contributed by atoms with van der Waals surface area (Å²) < 4.78 is 47.4. The molecule has 1 N–H and O–H groups in total. The second kappa shape index (κ2) is 12.9. The molecule has 2 amide bonds. The summed E-state index contributed by atoms with van der Waals surface area (Å²) in [6.45, 7) is 4.54. The number of anilines is 1. The van der Waals surface area contributed by atoms with Gasteiger partial charge in [-0.15, -0.1) is 0 Å². The molecule has 0 aliphatic carbocycles. The molecule has 3 aromatic rings. The van der Waals surface area contributed by atoms with E-state index in [0.717, 1.165) is 16.4 Å². The lowest BCUT2D eigenvalue weighted by atomic mass is 10.1. The molecule has 0 saturated carbocycles. The molecule has 0 radical (unpaired) electrons. The number of halogens is 2. The Hall–Kier alpha value is -3.63. The first-order valence-electron chi connectivity index (χ1n) is 12.2. The fourth-order valence-electron chi connectivity index (χ4n) is 3.80. The van der Waals surface area contributed by atoms with Crippen LogP contribution in [0.3, 0.4) is 0 Å². The predicted octanol–water partition coefficient (Wildman–Crippen LogP) is 4.62. The van der Waals surface area contributed by atoms with Gasteiger partial charge in [-0.1, -0.05) is 41.9 Å². The maximum Gasteiger partial charge on any atom is 0.264 e. The van der Waals surface area contributed by atoms with Crippen LogP contribution in [0.1, 0.15) is 26.3 Å². The minimum absolute atomic E-state index is 0.00212. The van der Waals surface area contributed by atoms with Crippen LogP contribution in [0.5, 0.6) is 5.75 Å². The molecular formula is C28H31ClFN3O5S. The number of nitrogens with one attached hydrogen (secondary N) is 1. The predicted molar refractivity (Wildman–Crippen MR) is 149 cm³/mol. The van der Waals surface area contributed by atoms with Gasteiger partial charge in [0.05, 0.1) is 22.7 Å². The summed E-state index contributed by atoms with van der Waals surface area (Å²) in [6.07, 6.45) is 0. The van der Waals surface area contributed by atoms with Crippen LogP contribution in [0.15, 0.2) is 77.7 Å². The van der Waals surface area contributed by atoms with E-state index in [0.29, 0.717) is 11.3 Å². The Bertz CT molecular complexity index is 1400. The van der Waals surface area contributed by atoms with Crippen LogP contribution in [-0.4, -0.2) is 50.9 Å².